The molecule has 23 heavy (non-hydrogen) atoms. The maximum Gasteiger partial charge on any atom is 0.244 e. The lowest BCUT2D eigenvalue weighted by molar-refractivity contribution is -0.124. The van der Waals surface area contributed by atoms with Gasteiger partial charge in [0.2, 0.25) is 5.91 Å². The molecule has 2 aromatic rings. The summed E-state index contributed by atoms with van der Waals surface area (Å²) in [6.07, 6.45) is 1.08. The zero-order valence-corrected chi connectivity index (χ0v) is 12.9. The van der Waals surface area contributed by atoms with Crippen molar-refractivity contribution >= 4 is 23.0 Å². The number of hydrogen-bond donors (Lipinski definition) is 3. The van der Waals surface area contributed by atoms with Crippen LogP contribution in [0.5, 0.6) is 0 Å². The van der Waals surface area contributed by atoms with Crippen molar-refractivity contribution < 1.29 is 9.53 Å². The Morgan fingerprint density at radius 2 is 1.61 bits per heavy atom. The topological polar surface area (TPSA) is 76.4 Å². The van der Waals surface area contributed by atoms with Crippen molar-refractivity contribution in [3.05, 3.63) is 54.6 Å². The Hall–Kier alpha value is -2.37. The minimum atomic E-state index is -0.846. The number of para-hydroxylation sites is 1. The summed E-state index contributed by atoms with van der Waals surface area (Å²) in [7, 11) is 0. The van der Waals surface area contributed by atoms with E-state index in [4.69, 9.17) is 10.5 Å². The summed E-state index contributed by atoms with van der Waals surface area (Å²) in [6.45, 7) is 1.05. The van der Waals surface area contributed by atoms with Crippen LogP contribution in [0.3, 0.4) is 0 Å². The van der Waals surface area contributed by atoms with Gasteiger partial charge >= 0.3 is 0 Å². The number of amides is 1. The fraction of sp³-hybridized carbons (Fsp3) is 0.278. The number of nitrogens with two attached hydrogens (primary N) is 1. The summed E-state index contributed by atoms with van der Waals surface area (Å²) < 4.78 is 5.28. The van der Waals surface area contributed by atoms with E-state index < -0.39 is 5.54 Å². The number of hydrogen-bond acceptors (Lipinski definition) is 4. The van der Waals surface area contributed by atoms with E-state index in [2.05, 4.69) is 10.6 Å². The third-order valence-electron chi connectivity index (χ3n) is 4.02. The van der Waals surface area contributed by atoms with Crippen LogP contribution < -0.4 is 16.4 Å². The van der Waals surface area contributed by atoms with Gasteiger partial charge < -0.3 is 21.1 Å². The number of benzene rings is 2. The molecule has 3 rings (SSSR count). The maximum absolute atomic E-state index is 12.4. The van der Waals surface area contributed by atoms with E-state index in [0.29, 0.717) is 26.1 Å². The summed E-state index contributed by atoms with van der Waals surface area (Å²) in [6, 6.07) is 17.5. The van der Waals surface area contributed by atoms with Crippen molar-refractivity contribution in [2.75, 3.05) is 23.8 Å². The highest BCUT2D eigenvalue weighted by Crippen LogP contribution is 2.23. The highest BCUT2D eigenvalue weighted by Gasteiger charge is 2.35. The van der Waals surface area contributed by atoms with Crippen molar-refractivity contribution in [1.82, 2.24) is 0 Å². The fourth-order valence-electron chi connectivity index (χ4n) is 2.58. The van der Waals surface area contributed by atoms with E-state index >= 15 is 0 Å². The van der Waals surface area contributed by atoms with E-state index in [1.54, 1.807) is 0 Å². The second kappa shape index (κ2) is 6.81. The first-order chi connectivity index (χ1) is 11.2. The van der Waals surface area contributed by atoms with Gasteiger partial charge in [0, 0.05) is 30.3 Å². The molecular weight excluding hydrogens is 290 g/mol. The smallest absolute Gasteiger partial charge is 0.244 e. The standard InChI is InChI=1S/C18H21N3O2/c19-18(9-11-23-12-10-18)17(22)21-16-8-4-7-15(13-16)20-14-5-2-1-3-6-14/h1-8,13,20H,9-12,19H2,(H,21,22). The van der Waals surface area contributed by atoms with Gasteiger partial charge in [0.15, 0.2) is 0 Å². The van der Waals surface area contributed by atoms with Gasteiger partial charge in [0.25, 0.3) is 0 Å². The zero-order chi connectivity index (χ0) is 16.1. The lowest BCUT2D eigenvalue weighted by Gasteiger charge is -2.31. The SMILES string of the molecule is NC1(C(=O)Nc2cccc(Nc3ccccc3)c2)CCOCC1. The quantitative estimate of drug-likeness (QED) is 0.811. The molecule has 0 spiro atoms. The lowest BCUT2D eigenvalue weighted by atomic mass is 9.90. The molecule has 0 saturated carbocycles. The predicted octanol–water partition coefficient (Wildman–Crippen LogP) is 2.88. The van der Waals surface area contributed by atoms with Gasteiger partial charge in [-0.2, -0.15) is 0 Å². The number of anilines is 3. The highest BCUT2D eigenvalue weighted by molar-refractivity contribution is 5.98. The fourth-order valence-corrected chi connectivity index (χ4v) is 2.58. The van der Waals surface area contributed by atoms with Crippen LogP contribution in [-0.4, -0.2) is 24.7 Å². The van der Waals surface area contributed by atoms with E-state index in [-0.39, 0.29) is 5.91 Å². The van der Waals surface area contributed by atoms with Gasteiger partial charge in [-0.3, -0.25) is 4.79 Å². The largest absolute Gasteiger partial charge is 0.381 e. The first kappa shape index (κ1) is 15.5. The summed E-state index contributed by atoms with van der Waals surface area (Å²) in [5.41, 5.74) is 7.99. The van der Waals surface area contributed by atoms with Crippen LogP contribution in [0.15, 0.2) is 54.6 Å². The van der Waals surface area contributed by atoms with Crippen molar-refractivity contribution in [3.8, 4) is 0 Å². The molecule has 2 aromatic carbocycles. The lowest BCUT2D eigenvalue weighted by Crippen LogP contribution is -2.54. The van der Waals surface area contributed by atoms with Crippen LogP contribution in [0, 0.1) is 0 Å². The van der Waals surface area contributed by atoms with Crippen molar-refractivity contribution in [1.29, 1.82) is 0 Å². The summed E-state index contributed by atoms with van der Waals surface area (Å²) in [5.74, 6) is -0.155. The molecule has 1 aliphatic heterocycles. The van der Waals surface area contributed by atoms with Crippen molar-refractivity contribution in [2.45, 2.75) is 18.4 Å². The third-order valence-corrected chi connectivity index (χ3v) is 4.02. The molecule has 0 aromatic heterocycles. The molecule has 1 saturated heterocycles. The molecular formula is C18H21N3O2. The first-order valence-corrected chi connectivity index (χ1v) is 7.76. The first-order valence-electron chi connectivity index (χ1n) is 7.76. The third kappa shape index (κ3) is 3.88. The molecule has 1 fully saturated rings. The molecule has 1 amide bonds. The van der Waals surface area contributed by atoms with E-state index in [0.717, 1.165) is 17.1 Å². The van der Waals surface area contributed by atoms with Crippen LogP contribution in [0.1, 0.15) is 12.8 Å². The molecule has 5 heteroatoms. The second-order valence-electron chi connectivity index (χ2n) is 5.79. The second-order valence-corrected chi connectivity index (χ2v) is 5.79. The van der Waals surface area contributed by atoms with Gasteiger partial charge in [-0.1, -0.05) is 24.3 Å². The van der Waals surface area contributed by atoms with Crippen molar-refractivity contribution in [3.63, 3.8) is 0 Å². The van der Waals surface area contributed by atoms with E-state index in [1.165, 1.54) is 0 Å². The van der Waals surface area contributed by atoms with Gasteiger partial charge in [0.1, 0.15) is 5.54 Å². The molecule has 4 N–H and O–H groups in total. The average molecular weight is 311 g/mol. The van der Waals surface area contributed by atoms with Gasteiger partial charge in [-0.05, 0) is 43.2 Å². The van der Waals surface area contributed by atoms with Crippen LogP contribution >= 0.6 is 0 Å². The Labute approximate surface area is 135 Å². The predicted molar refractivity (Wildman–Crippen MR) is 91.8 cm³/mol. The molecule has 0 unspecified atom stereocenters. The number of carbonyl (C=O) groups is 1. The molecule has 0 atom stereocenters. The zero-order valence-electron chi connectivity index (χ0n) is 12.9. The van der Waals surface area contributed by atoms with E-state index in [9.17, 15) is 4.79 Å². The Balaban J connectivity index is 1.69. The van der Waals surface area contributed by atoms with Gasteiger partial charge in [-0.15, -0.1) is 0 Å². The average Bonchev–Trinajstić information content (AvgIpc) is 2.57. The minimum absolute atomic E-state index is 0.155. The Morgan fingerprint density at radius 1 is 0.957 bits per heavy atom. The van der Waals surface area contributed by atoms with Gasteiger partial charge in [-0.25, -0.2) is 0 Å². The van der Waals surface area contributed by atoms with Crippen LogP contribution in [-0.2, 0) is 9.53 Å². The summed E-state index contributed by atoms with van der Waals surface area (Å²) >= 11 is 0. The number of carbonyl (C=O) groups excluding carboxylic acids is 1. The molecule has 5 nitrogen and oxygen atoms in total. The van der Waals surface area contributed by atoms with Crippen molar-refractivity contribution in [2.24, 2.45) is 5.73 Å². The molecule has 0 aliphatic carbocycles. The molecule has 1 heterocycles. The normalized spacial score (nSPS) is 16.6. The highest BCUT2D eigenvalue weighted by atomic mass is 16.5. The molecule has 120 valence electrons. The Bertz CT molecular complexity index is 667. The van der Waals surface area contributed by atoms with Crippen LogP contribution in [0.25, 0.3) is 0 Å². The van der Waals surface area contributed by atoms with E-state index in [1.807, 2.05) is 54.6 Å². The molecule has 0 radical (unpaired) electrons. The van der Waals surface area contributed by atoms with Gasteiger partial charge in [0.05, 0.1) is 0 Å². The summed E-state index contributed by atoms with van der Waals surface area (Å²) in [5, 5.41) is 6.22. The number of ether oxygens (including phenoxy) is 1. The maximum atomic E-state index is 12.4. The van der Waals surface area contributed by atoms with Crippen LogP contribution in [0.4, 0.5) is 17.1 Å². The monoisotopic (exact) mass is 311 g/mol. The number of rotatable bonds is 4. The minimum Gasteiger partial charge on any atom is -0.381 e. The van der Waals surface area contributed by atoms with Crippen LogP contribution in [0.2, 0.25) is 0 Å². The Kier molecular flexibility index (Phi) is 4.60. The molecule has 0 bridgehead atoms. The number of nitrogens with one attached hydrogen (secondary N) is 2. The Morgan fingerprint density at radius 3 is 2.35 bits per heavy atom. The summed E-state index contributed by atoms with van der Waals surface area (Å²) in [4.78, 5) is 12.4. The molecule has 1 aliphatic rings.